The number of nitrogens with zero attached hydrogens (tertiary/aromatic N) is 4. The van der Waals surface area contributed by atoms with Gasteiger partial charge in [-0.2, -0.15) is 5.10 Å². The van der Waals surface area contributed by atoms with Gasteiger partial charge in [0.2, 0.25) is 5.91 Å². The van der Waals surface area contributed by atoms with Crippen molar-refractivity contribution >= 4 is 11.9 Å². The summed E-state index contributed by atoms with van der Waals surface area (Å²) in [5, 5.41) is 13.7. The van der Waals surface area contributed by atoms with E-state index >= 15 is 0 Å². The maximum Gasteiger partial charge on any atom is 0.356 e. The molecule has 0 radical (unpaired) electrons. The molecule has 1 atom stereocenters. The van der Waals surface area contributed by atoms with E-state index in [1.165, 1.54) is 0 Å². The van der Waals surface area contributed by atoms with Crippen molar-refractivity contribution in [2.45, 2.75) is 45.8 Å². The van der Waals surface area contributed by atoms with Gasteiger partial charge in [-0.3, -0.25) is 14.4 Å². The van der Waals surface area contributed by atoms with Crippen LogP contribution in [0.5, 0.6) is 0 Å². The Bertz CT molecular complexity index is 858. The van der Waals surface area contributed by atoms with Gasteiger partial charge in [-0.15, -0.1) is 0 Å². The number of aryl methyl sites for hydroxylation is 1. The number of carbonyl (C=O) groups excluding carboxylic acids is 1. The lowest BCUT2D eigenvalue weighted by Gasteiger charge is -2.36. The van der Waals surface area contributed by atoms with Crippen molar-refractivity contribution < 1.29 is 19.1 Å². The standard InChI is InChI=1S/C20H26N4O4/c1-2-24-17-7-9-23(13-16(17)18(21-24)20(26)27)19(25)14-5-3-8-22(11-14)12-15-6-4-10-28-15/h4,6,10,14H,2-3,5,7-9,11-13H2,1H3,(H,26,27)/t14-/m0/s1. The van der Waals surface area contributed by atoms with Gasteiger partial charge in [0.05, 0.1) is 18.7 Å². The second-order valence-corrected chi connectivity index (χ2v) is 7.56. The molecule has 2 aromatic rings. The number of likely N-dealkylation sites (tertiary alicyclic amines) is 1. The first-order valence-corrected chi connectivity index (χ1v) is 9.92. The largest absolute Gasteiger partial charge is 0.476 e. The quantitative estimate of drug-likeness (QED) is 0.845. The van der Waals surface area contributed by atoms with E-state index in [1.807, 2.05) is 24.0 Å². The first-order valence-electron chi connectivity index (χ1n) is 9.92. The zero-order valence-corrected chi connectivity index (χ0v) is 16.1. The molecule has 0 aromatic carbocycles. The van der Waals surface area contributed by atoms with E-state index in [1.54, 1.807) is 10.9 Å². The summed E-state index contributed by atoms with van der Waals surface area (Å²) in [4.78, 5) is 28.8. The average Bonchev–Trinajstić information content (AvgIpc) is 3.34. The number of fused-ring (bicyclic) bond motifs is 1. The lowest BCUT2D eigenvalue weighted by Crippen LogP contribution is -2.46. The molecule has 4 heterocycles. The molecule has 2 aliphatic heterocycles. The average molecular weight is 386 g/mol. The van der Waals surface area contributed by atoms with Crippen molar-refractivity contribution in [3.8, 4) is 0 Å². The number of hydrogen-bond donors (Lipinski definition) is 1. The van der Waals surface area contributed by atoms with Crippen LogP contribution in [-0.2, 0) is 30.8 Å². The number of aromatic nitrogens is 2. The highest BCUT2D eigenvalue weighted by Crippen LogP contribution is 2.27. The number of amides is 1. The number of carbonyl (C=O) groups is 2. The number of rotatable bonds is 5. The molecular weight excluding hydrogens is 360 g/mol. The van der Waals surface area contributed by atoms with E-state index in [-0.39, 0.29) is 17.5 Å². The molecular formula is C20H26N4O4. The Morgan fingerprint density at radius 2 is 2.21 bits per heavy atom. The van der Waals surface area contributed by atoms with Gasteiger partial charge in [0.1, 0.15) is 5.76 Å². The Kier molecular flexibility index (Phi) is 5.21. The molecule has 2 aromatic heterocycles. The summed E-state index contributed by atoms with van der Waals surface area (Å²) in [6.07, 6.45) is 4.17. The molecule has 28 heavy (non-hydrogen) atoms. The molecule has 0 spiro atoms. The van der Waals surface area contributed by atoms with E-state index in [2.05, 4.69) is 10.00 Å². The number of piperidine rings is 1. The summed E-state index contributed by atoms with van der Waals surface area (Å²) in [5.41, 5.74) is 1.72. The van der Waals surface area contributed by atoms with Crippen molar-refractivity contribution in [2.24, 2.45) is 5.92 Å². The zero-order chi connectivity index (χ0) is 19.7. The van der Waals surface area contributed by atoms with Gasteiger partial charge in [-0.05, 0) is 38.4 Å². The van der Waals surface area contributed by atoms with Crippen LogP contribution in [0.15, 0.2) is 22.8 Å². The van der Waals surface area contributed by atoms with Crippen molar-refractivity contribution in [3.05, 3.63) is 41.1 Å². The second kappa shape index (κ2) is 7.79. The Balaban J connectivity index is 1.46. The van der Waals surface area contributed by atoms with Gasteiger partial charge in [0, 0.05) is 43.9 Å². The van der Waals surface area contributed by atoms with Crippen molar-refractivity contribution in [1.29, 1.82) is 0 Å². The number of carboxylic acids is 1. The Morgan fingerprint density at radius 1 is 1.36 bits per heavy atom. The van der Waals surface area contributed by atoms with Crippen LogP contribution in [0, 0.1) is 5.92 Å². The van der Waals surface area contributed by atoms with Crippen LogP contribution in [0.3, 0.4) is 0 Å². The van der Waals surface area contributed by atoms with Gasteiger partial charge in [0.15, 0.2) is 5.69 Å². The molecule has 8 heteroatoms. The van der Waals surface area contributed by atoms with Gasteiger partial charge in [0.25, 0.3) is 0 Å². The van der Waals surface area contributed by atoms with Crippen LogP contribution in [-0.4, -0.2) is 56.2 Å². The molecule has 8 nitrogen and oxygen atoms in total. The molecule has 1 N–H and O–H groups in total. The van der Waals surface area contributed by atoms with E-state index < -0.39 is 5.97 Å². The minimum Gasteiger partial charge on any atom is -0.476 e. The Morgan fingerprint density at radius 3 is 2.93 bits per heavy atom. The van der Waals surface area contributed by atoms with Crippen LogP contribution in [0.25, 0.3) is 0 Å². The normalized spacial score (nSPS) is 20.2. The van der Waals surface area contributed by atoms with E-state index in [0.29, 0.717) is 44.7 Å². The second-order valence-electron chi connectivity index (χ2n) is 7.56. The third kappa shape index (κ3) is 3.56. The maximum absolute atomic E-state index is 13.2. The first kappa shape index (κ1) is 18.7. The highest BCUT2D eigenvalue weighted by atomic mass is 16.4. The molecule has 4 rings (SSSR count). The van der Waals surface area contributed by atoms with Crippen LogP contribution in [0.4, 0.5) is 0 Å². The Hall–Kier alpha value is -2.61. The van der Waals surface area contributed by atoms with Gasteiger partial charge in [-0.1, -0.05) is 0 Å². The summed E-state index contributed by atoms with van der Waals surface area (Å²) in [6, 6.07) is 3.83. The zero-order valence-electron chi connectivity index (χ0n) is 16.1. The molecule has 1 amide bonds. The van der Waals surface area contributed by atoms with E-state index in [0.717, 1.165) is 30.8 Å². The van der Waals surface area contributed by atoms with Gasteiger partial charge in [-0.25, -0.2) is 4.79 Å². The minimum atomic E-state index is -1.03. The molecule has 2 aliphatic rings. The fourth-order valence-electron chi connectivity index (χ4n) is 4.39. The predicted octanol–water partition coefficient (Wildman–Crippen LogP) is 1.99. The number of aromatic carboxylic acids is 1. The van der Waals surface area contributed by atoms with Crippen molar-refractivity contribution in [3.63, 3.8) is 0 Å². The van der Waals surface area contributed by atoms with Crippen LogP contribution < -0.4 is 0 Å². The monoisotopic (exact) mass is 386 g/mol. The predicted molar refractivity (Wildman–Crippen MR) is 101 cm³/mol. The third-order valence-electron chi connectivity index (χ3n) is 5.76. The van der Waals surface area contributed by atoms with Crippen LogP contribution >= 0.6 is 0 Å². The summed E-state index contributed by atoms with van der Waals surface area (Å²) in [5.74, 6) is -0.0519. The van der Waals surface area contributed by atoms with E-state index in [4.69, 9.17) is 4.42 Å². The molecule has 0 unspecified atom stereocenters. The van der Waals surface area contributed by atoms with Crippen molar-refractivity contribution in [1.82, 2.24) is 19.6 Å². The smallest absolute Gasteiger partial charge is 0.356 e. The number of carboxylic acid groups (broad SMARTS) is 1. The minimum absolute atomic E-state index is 0.0558. The molecule has 0 bridgehead atoms. The molecule has 0 aliphatic carbocycles. The first-order chi connectivity index (χ1) is 13.6. The summed E-state index contributed by atoms with van der Waals surface area (Å²) >= 11 is 0. The molecule has 1 saturated heterocycles. The topological polar surface area (TPSA) is 91.8 Å². The molecule has 0 saturated carbocycles. The number of furan rings is 1. The fraction of sp³-hybridized carbons (Fsp3) is 0.550. The van der Waals surface area contributed by atoms with Gasteiger partial charge < -0.3 is 14.4 Å². The number of hydrogen-bond acceptors (Lipinski definition) is 5. The molecule has 150 valence electrons. The van der Waals surface area contributed by atoms with Crippen LogP contribution in [0.1, 0.15) is 47.3 Å². The fourth-order valence-corrected chi connectivity index (χ4v) is 4.39. The molecule has 1 fully saturated rings. The summed E-state index contributed by atoms with van der Waals surface area (Å²) in [6.45, 7) is 5.92. The highest BCUT2D eigenvalue weighted by Gasteiger charge is 2.34. The SMILES string of the molecule is CCn1nc(C(=O)O)c2c1CCN(C(=O)[C@H]1CCCN(Cc3ccco3)C1)C2. The third-order valence-corrected chi connectivity index (χ3v) is 5.76. The lowest BCUT2D eigenvalue weighted by atomic mass is 9.94. The maximum atomic E-state index is 13.2. The van der Waals surface area contributed by atoms with Crippen LogP contribution in [0.2, 0.25) is 0 Å². The summed E-state index contributed by atoms with van der Waals surface area (Å²) in [7, 11) is 0. The van der Waals surface area contributed by atoms with Gasteiger partial charge >= 0.3 is 5.97 Å². The highest BCUT2D eigenvalue weighted by molar-refractivity contribution is 5.88. The van der Waals surface area contributed by atoms with Crippen molar-refractivity contribution in [2.75, 3.05) is 19.6 Å². The lowest BCUT2D eigenvalue weighted by molar-refractivity contribution is -0.138. The summed E-state index contributed by atoms with van der Waals surface area (Å²) < 4.78 is 7.19. The van der Waals surface area contributed by atoms with E-state index in [9.17, 15) is 14.7 Å². The Labute approximate surface area is 163 Å².